The van der Waals surface area contributed by atoms with Gasteiger partial charge < -0.3 is 0 Å². The molecule has 0 amide bonds. The second kappa shape index (κ2) is 7.82. The van der Waals surface area contributed by atoms with E-state index in [4.69, 9.17) is 11.6 Å². The van der Waals surface area contributed by atoms with Crippen LogP contribution in [-0.2, 0) is 10.0 Å². The zero-order valence-electron chi connectivity index (χ0n) is 12.9. The van der Waals surface area contributed by atoms with Gasteiger partial charge in [-0.1, -0.05) is 36.2 Å². The van der Waals surface area contributed by atoms with Crippen molar-refractivity contribution in [2.75, 3.05) is 0 Å². The van der Waals surface area contributed by atoms with E-state index in [2.05, 4.69) is 14.7 Å². The predicted octanol–water partition coefficient (Wildman–Crippen LogP) is 3.51. The molecule has 0 unspecified atom stereocenters. The Kier molecular flexibility index (Phi) is 5.76. The molecule has 2 aromatic rings. The van der Waals surface area contributed by atoms with Gasteiger partial charge in [0.05, 0.1) is 4.90 Å². The van der Waals surface area contributed by atoms with Crippen LogP contribution in [0.4, 0.5) is 0 Å². The molecule has 0 saturated heterocycles. The van der Waals surface area contributed by atoms with E-state index in [0.29, 0.717) is 10.2 Å². The molecule has 3 rings (SSSR count). The molecule has 1 aliphatic rings. The highest BCUT2D eigenvalue weighted by molar-refractivity contribution is 7.99. The van der Waals surface area contributed by atoms with Gasteiger partial charge in [-0.15, -0.1) is 0 Å². The minimum atomic E-state index is -3.56. The second-order valence-electron chi connectivity index (χ2n) is 5.65. The van der Waals surface area contributed by atoms with Crippen molar-refractivity contribution in [3.8, 4) is 0 Å². The van der Waals surface area contributed by atoms with Gasteiger partial charge in [0, 0.05) is 28.7 Å². The van der Waals surface area contributed by atoms with Crippen LogP contribution in [0.3, 0.4) is 0 Å². The molecule has 24 heavy (non-hydrogen) atoms. The molecule has 1 aliphatic carbocycles. The molecule has 8 heteroatoms. The van der Waals surface area contributed by atoms with Crippen molar-refractivity contribution in [3.05, 3.63) is 47.7 Å². The molecule has 0 spiro atoms. The van der Waals surface area contributed by atoms with E-state index in [-0.39, 0.29) is 16.2 Å². The molecule has 1 N–H and O–H groups in total. The second-order valence-corrected chi connectivity index (χ2v) is 9.01. The summed E-state index contributed by atoms with van der Waals surface area (Å²) < 4.78 is 28.1. The molecule has 128 valence electrons. The first kappa shape index (κ1) is 17.7. The van der Waals surface area contributed by atoms with Gasteiger partial charge in [-0.2, -0.15) is 0 Å². The highest BCUT2D eigenvalue weighted by atomic mass is 35.5. The number of hydrogen-bond acceptors (Lipinski definition) is 5. The van der Waals surface area contributed by atoms with E-state index in [1.165, 1.54) is 12.1 Å². The SMILES string of the molecule is O=S(=O)(N[C@@H]1CCCC[C@@H]1Sc1ncccn1)c1ccc(Cl)cc1. The van der Waals surface area contributed by atoms with Gasteiger partial charge in [-0.25, -0.2) is 23.1 Å². The van der Waals surface area contributed by atoms with Gasteiger partial charge in [-0.3, -0.25) is 0 Å². The molecule has 0 radical (unpaired) electrons. The van der Waals surface area contributed by atoms with Crippen LogP contribution in [0.15, 0.2) is 52.8 Å². The Labute approximate surface area is 151 Å². The van der Waals surface area contributed by atoms with Crippen molar-refractivity contribution < 1.29 is 8.42 Å². The standard InChI is InChI=1S/C16H18ClN3O2S2/c17-12-6-8-13(9-7-12)24(21,22)20-14-4-1-2-5-15(14)23-16-18-10-3-11-19-16/h3,6-11,14-15,20H,1-2,4-5H2/t14-,15+/m1/s1. The first-order valence-electron chi connectivity index (χ1n) is 7.76. The number of nitrogens with zero attached hydrogens (tertiary/aromatic N) is 2. The monoisotopic (exact) mass is 383 g/mol. The number of nitrogens with one attached hydrogen (secondary N) is 1. The summed E-state index contributed by atoms with van der Waals surface area (Å²) in [4.78, 5) is 8.70. The molecule has 1 saturated carbocycles. The van der Waals surface area contributed by atoms with Crippen molar-refractivity contribution in [3.63, 3.8) is 0 Å². The van der Waals surface area contributed by atoms with Crippen molar-refractivity contribution in [1.82, 2.24) is 14.7 Å². The summed E-state index contributed by atoms with van der Waals surface area (Å²) in [6.45, 7) is 0. The highest BCUT2D eigenvalue weighted by Crippen LogP contribution is 2.32. The summed E-state index contributed by atoms with van der Waals surface area (Å²) in [5.74, 6) is 0. The number of thioether (sulfide) groups is 1. The van der Waals surface area contributed by atoms with Gasteiger partial charge >= 0.3 is 0 Å². The molecule has 5 nitrogen and oxygen atoms in total. The van der Waals surface area contributed by atoms with Crippen LogP contribution in [0.2, 0.25) is 5.02 Å². The quantitative estimate of drug-likeness (QED) is 0.800. The third kappa shape index (κ3) is 4.47. The zero-order valence-corrected chi connectivity index (χ0v) is 15.3. The summed E-state index contributed by atoms with van der Waals surface area (Å²) in [5, 5.41) is 1.32. The molecule has 0 aliphatic heterocycles. The first-order chi connectivity index (χ1) is 11.5. The van der Waals surface area contributed by atoms with Gasteiger partial charge in [-0.05, 0) is 43.2 Å². The van der Waals surface area contributed by atoms with Gasteiger partial charge in [0.25, 0.3) is 0 Å². The van der Waals surface area contributed by atoms with E-state index in [9.17, 15) is 8.42 Å². The average Bonchev–Trinajstić information content (AvgIpc) is 2.58. The number of benzene rings is 1. The van der Waals surface area contributed by atoms with Crippen LogP contribution in [0.25, 0.3) is 0 Å². The Morgan fingerprint density at radius 1 is 1.08 bits per heavy atom. The molecular formula is C16H18ClN3O2S2. The summed E-state index contributed by atoms with van der Waals surface area (Å²) in [6, 6.07) is 7.85. The summed E-state index contributed by atoms with van der Waals surface area (Å²) >= 11 is 7.38. The van der Waals surface area contributed by atoms with Crippen molar-refractivity contribution >= 4 is 33.4 Å². The van der Waals surface area contributed by atoms with E-state index in [1.807, 2.05) is 0 Å². The topological polar surface area (TPSA) is 72.0 Å². The average molecular weight is 384 g/mol. The Morgan fingerprint density at radius 3 is 2.46 bits per heavy atom. The molecule has 1 aromatic carbocycles. The van der Waals surface area contributed by atoms with Crippen LogP contribution in [0.5, 0.6) is 0 Å². The maximum absolute atomic E-state index is 12.6. The Bertz CT molecular complexity index is 770. The van der Waals surface area contributed by atoms with Gasteiger partial charge in [0.2, 0.25) is 10.0 Å². The van der Waals surface area contributed by atoms with Crippen LogP contribution in [0.1, 0.15) is 25.7 Å². The highest BCUT2D eigenvalue weighted by Gasteiger charge is 2.30. The summed E-state index contributed by atoms with van der Waals surface area (Å²) in [5.41, 5.74) is 0. The fourth-order valence-electron chi connectivity index (χ4n) is 2.74. The maximum Gasteiger partial charge on any atom is 0.240 e. The van der Waals surface area contributed by atoms with Crippen LogP contribution in [0, 0.1) is 0 Å². The lowest BCUT2D eigenvalue weighted by Gasteiger charge is -2.30. The third-order valence-corrected chi connectivity index (χ3v) is 6.98. The van der Waals surface area contributed by atoms with E-state index in [1.54, 1.807) is 42.4 Å². The lowest BCUT2D eigenvalue weighted by Crippen LogP contribution is -2.43. The lowest BCUT2D eigenvalue weighted by atomic mass is 9.96. The number of hydrogen-bond donors (Lipinski definition) is 1. The van der Waals surface area contributed by atoms with E-state index < -0.39 is 10.0 Å². The number of halogens is 1. The Balaban J connectivity index is 1.74. The zero-order chi connectivity index (χ0) is 17.0. The Morgan fingerprint density at radius 2 is 1.75 bits per heavy atom. The number of aromatic nitrogens is 2. The normalized spacial score (nSPS) is 21.5. The Hall–Kier alpha value is -1.15. The molecule has 1 fully saturated rings. The van der Waals surface area contributed by atoms with E-state index in [0.717, 1.165) is 25.7 Å². The molecular weight excluding hydrogens is 366 g/mol. The van der Waals surface area contributed by atoms with Crippen LogP contribution in [-0.4, -0.2) is 29.7 Å². The molecule has 1 heterocycles. The summed E-state index contributed by atoms with van der Waals surface area (Å²) in [7, 11) is -3.56. The van der Waals surface area contributed by atoms with E-state index >= 15 is 0 Å². The molecule has 2 atom stereocenters. The lowest BCUT2D eigenvalue weighted by molar-refractivity contribution is 0.422. The van der Waals surface area contributed by atoms with Crippen molar-refractivity contribution in [1.29, 1.82) is 0 Å². The fraction of sp³-hybridized carbons (Fsp3) is 0.375. The van der Waals surface area contributed by atoms with Gasteiger partial charge in [0.1, 0.15) is 0 Å². The van der Waals surface area contributed by atoms with Crippen molar-refractivity contribution in [2.24, 2.45) is 0 Å². The third-order valence-electron chi connectivity index (χ3n) is 3.93. The number of rotatable bonds is 5. The maximum atomic E-state index is 12.6. The minimum absolute atomic E-state index is 0.128. The minimum Gasteiger partial charge on any atom is -0.231 e. The van der Waals surface area contributed by atoms with Crippen LogP contribution >= 0.6 is 23.4 Å². The smallest absolute Gasteiger partial charge is 0.231 e. The predicted molar refractivity (Wildman–Crippen MR) is 95.7 cm³/mol. The van der Waals surface area contributed by atoms with Gasteiger partial charge in [0.15, 0.2) is 5.16 Å². The first-order valence-corrected chi connectivity index (χ1v) is 10.5. The number of sulfonamides is 1. The summed E-state index contributed by atoms with van der Waals surface area (Å²) in [6.07, 6.45) is 7.26. The molecule has 0 bridgehead atoms. The largest absolute Gasteiger partial charge is 0.240 e. The fourth-order valence-corrected chi connectivity index (χ4v) is 5.43. The molecule has 1 aromatic heterocycles. The van der Waals surface area contributed by atoms with Crippen molar-refractivity contribution in [2.45, 2.75) is 47.0 Å². The van der Waals surface area contributed by atoms with Crippen LogP contribution < -0.4 is 4.72 Å².